The molecule has 19 heavy (non-hydrogen) atoms. The van der Waals surface area contributed by atoms with Gasteiger partial charge in [0.2, 0.25) is 0 Å². The molecule has 1 aliphatic heterocycles. The van der Waals surface area contributed by atoms with E-state index in [1.54, 1.807) is 14.2 Å². The van der Waals surface area contributed by atoms with Crippen LogP contribution in [0.4, 0.5) is 0 Å². The van der Waals surface area contributed by atoms with Gasteiger partial charge in [-0.25, -0.2) is 0 Å². The maximum absolute atomic E-state index is 5.60. The minimum atomic E-state index is 0.736. The molecule has 1 aliphatic rings. The number of rotatable bonds is 4. The van der Waals surface area contributed by atoms with E-state index < -0.39 is 0 Å². The largest absolute Gasteiger partial charge is 0.493 e. The molecule has 0 bridgehead atoms. The molecular weight excluding hydrogens is 306 g/mol. The molecule has 1 N–H and O–H groups in total. The van der Waals surface area contributed by atoms with Crippen LogP contribution in [-0.4, -0.2) is 27.3 Å². The molecule has 1 aromatic carbocycles. The van der Waals surface area contributed by atoms with E-state index in [1.807, 2.05) is 0 Å². The van der Waals surface area contributed by atoms with Crippen molar-refractivity contribution in [3.05, 3.63) is 21.7 Å². The summed E-state index contributed by atoms with van der Waals surface area (Å²) in [6.07, 6.45) is 3.54. The highest BCUT2D eigenvalue weighted by molar-refractivity contribution is 9.10. The van der Waals surface area contributed by atoms with E-state index in [2.05, 4.69) is 34.2 Å². The number of methoxy groups -OCH3 is 2. The molecule has 0 unspecified atom stereocenters. The predicted octanol–water partition coefficient (Wildman–Crippen LogP) is 3.32. The van der Waals surface area contributed by atoms with Crippen LogP contribution < -0.4 is 14.8 Å². The van der Waals surface area contributed by atoms with Gasteiger partial charge >= 0.3 is 0 Å². The third kappa shape index (κ3) is 3.23. The van der Waals surface area contributed by atoms with E-state index in [0.29, 0.717) is 0 Å². The number of ether oxygens (including phenoxy) is 2. The topological polar surface area (TPSA) is 30.5 Å². The predicted molar refractivity (Wildman–Crippen MR) is 81.3 cm³/mol. The summed E-state index contributed by atoms with van der Waals surface area (Å²) in [6.45, 7) is 4.39. The Morgan fingerprint density at radius 1 is 1.21 bits per heavy atom. The summed E-state index contributed by atoms with van der Waals surface area (Å²) < 4.78 is 12.0. The standard InChI is InChI=1S/C15H22BrNO2/c1-10-8-13(16)15(19-3)14(18-2)12(10)9-11-4-6-17-7-5-11/h8,11,17H,4-7,9H2,1-3H3. The average Bonchev–Trinajstić information content (AvgIpc) is 2.42. The Hall–Kier alpha value is -0.740. The van der Waals surface area contributed by atoms with Crippen molar-refractivity contribution in [3.8, 4) is 11.5 Å². The smallest absolute Gasteiger partial charge is 0.175 e. The Morgan fingerprint density at radius 2 is 1.84 bits per heavy atom. The Morgan fingerprint density at radius 3 is 2.42 bits per heavy atom. The molecule has 2 rings (SSSR count). The quantitative estimate of drug-likeness (QED) is 0.920. The van der Waals surface area contributed by atoms with Crippen molar-refractivity contribution in [2.24, 2.45) is 5.92 Å². The van der Waals surface area contributed by atoms with Gasteiger partial charge in [-0.15, -0.1) is 0 Å². The molecule has 1 aromatic rings. The summed E-state index contributed by atoms with van der Waals surface area (Å²) >= 11 is 3.54. The molecule has 106 valence electrons. The van der Waals surface area contributed by atoms with Crippen molar-refractivity contribution in [1.29, 1.82) is 0 Å². The molecule has 1 saturated heterocycles. The van der Waals surface area contributed by atoms with Gasteiger partial charge in [-0.3, -0.25) is 0 Å². The molecule has 1 heterocycles. The number of hydrogen-bond acceptors (Lipinski definition) is 3. The summed E-state index contributed by atoms with van der Waals surface area (Å²) in [5.41, 5.74) is 2.55. The minimum absolute atomic E-state index is 0.736. The highest BCUT2D eigenvalue weighted by Gasteiger charge is 2.21. The van der Waals surface area contributed by atoms with Crippen molar-refractivity contribution < 1.29 is 9.47 Å². The summed E-state index contributed by atoms with van der Waals surface area (Å²) in [4.78, 5) is 0. The van der Waals surface area contributed by atoms with Crippen molar-refractivity contribution >= 4 is 15.9 Å². The molecule has 0 aliphatic carbocycles. The molecule has 0 saturated carbocycles. The van der Waals surface area contributed by atoms with E-state index in [9.17, 15) is 0 Å². The molecule has 0 atom stereocenters. The second-order valence-electron chi connectivity index (χ2n) is 5.12. The summed E-state index contributed by atoms with van der Waals surface area (Å²) in [6, 6.07) is 2.12. The number of nitrogens with one attached hydrogen (secondary N) is 1. The number of benzene rings is 1. The Kier molecular flexibility index (Phi) is 5.11. The third-order valence-corrected chi connectivity index (χ3v) is 4.47. The van der Waals surface area contributed by atoms with Crippen molar-refractivity contribution in [1.82, 2.24) is 5.32 Å². The van der Waals surface area contributed by atoms with Crippen molar-refractivity contribution in [2.75, 3.05) is 27.3 Å². The lowest BCUT2D eigenvalue weighted by Gasteiger charge is -2.25. The van der Waals surface area contributed by atoms with Crippen LogP contribution in [0.15, 0.2) is 10.5 Å². The fraction of sp³-hybridized carbons (Fsp3) is 0.600. The van der Waals surface area contributed by atoms with Gasteiger partial charge in [0.05, 0.1) is 18.7 Å². The van der Waals surface area contributed by atoms with Gasteiger partial charge in [-0.1, -0.05) is 0 Å². The number of piperidine rings is 1. The zero-order valence-electron chi connectivity index (χ0n) is 11.9. The molecule has 0 aromatic heterocycles. The van der Waals surface area contributed by atoms with Gasteiger partial charge < -0.3 is 14.8 Å². The van der Waals surface area contributed by atoms with Gasteiger partial charge in [0.1, 0.15) is 0 Å². The maximum atomic E-state index is 5.60. The van der Waals surface area contributed by atoms with Crippen LogP contribution in [0, 0.1) is 12.8 Å². The van der Waals surface area contributed by atoms with Crippen LogP contribution in [0.3, 0.4) is 0 Å². The second kappa shape index (κ2) is 6.62. The van der Waals surface area contributed by atoms with Crippen LogP contribution in [0.1, 0.15) is 24.0 Å². The highest BCUT2D eigenvalue weighted by Crippen LogP contribution is 2.41. The van der Waals surface area contributed by atoms with Crippen LogP contribution in [0.2, 0.25) is 0 Å². The summed E-state index contributed by atoms with van der Waals surface area (Å²) in [7, 11) is 3.40. The summed E-state index contributed by atoms with van der Waals surface area (Å²) in [5.74, 6) is 2.42. The van der Waals surface area contributed by atoms with Gasteiger partial charge in [0.15, 0.2) is 11.5 Å². The van der Waals surface area contributed by atoms with Crippen LogP contribution in [0.5, 0.6) is 11.5 Å². The molecule has 0 radical (unpaired) electrons. The van der Waals surface area contributed by atoms with Crippen LogP contribution in [-0.2, 0) is 6.42 Å². The first-order valence-electron chi connectivity index (χ1n) is 6.78. The third-order valence-electron chi connectivity index (χ3n) is 3.88. The van der Waals surface area contributed by atoms with E-state index >= 15 is 0 Å². The molecule has 4 heteroatoms. The lowest BCUT2D eigenvalue weighted by molar-refractivity contribution is 0.337. The normalized spacial score (nSPS) is 16.4. The van der Waals surface area contributed by atoms with E-state index in [4.69, 9.17) is 9.47 Å². The second-order valence-corrected chi connectivity index (χ2v) is 5.97. The van der Waals surface area contributed by atoms with E-state index in [0.717, 1.165) is 41.4 Å². The number of hydrogen-bond donors (Lipinski definition) is 1. The minimum Gasteiger partial charge on any atom is -0.493 e. The van der Waals surface area contributed by atoms with Gasteiger partial charge in [0, 0.05) is 5.56 Å². The zero-order chi connectivity index (χ0) is 13.8. The fourth-order valence-corrected chi connectivity index (χ4v) is 3.49. The maximum Gasteiger partial charge on any atom is 0.175 e. The number of halogens is 1. The Labute approximate surface area is 123 Å². The van der Waals surface area contributed by atoms with Gasteiger partial charge in [-0.05, 0) is 72.8 Å². The average molecular weight is 328 g/mol. The Balaban J connectivity index is 2.32. The first kappa shape index (κ1) is 14.7. The lowest BCUT2D eigenvalue weighted by atomic mass is 9.88. The molecular formula is C15H22BrNO2. The SMILES string of the molecule is COc1c(Br)cc(C)c(CC2CCNCC2)c1OC. The highest BCUT2D eigenvalue weighted by atomic mass is 79.9. The van der Waals surface area contributed by atoms with Crippen LogP contribution in [0.25, 0.3) is 0 Å². The number of aryl methyl sites for hydroxylation is 1. The molecule has 1 fully saturated rings. The van der Waals surface area contributed by atoms with Gasteiger partial charge in [0.25, 0.3) is 0 Å². The lowest BCUT2D eigenvalue weighted by Crippen LogP contribution is -2.28. The monoisotopic (exact) mass is 327 g/mol. The Bertz CT molecular complexity index is 442. The molecule has 0 amide bonds. The molecule has 3 nitrogen and oxygen atoms in total. The fourth-order valence-electron chi connectivity index (χ4n) is 2.80. The first-order chi connectivity index (χ1) is 9.17. The summed E-state index contributed by atoms with van der Waals surface area (Å²) in [5, 5.41) is 3.41. The molecule has 0 spiro atoms. The van der Waals surface area contributed by atoms with E-state index in [-0.39, 0.29) is 0 Å². The zero-order valence-corrected chi connectivity index (χ0v) is 13.5. The van der Waals surface area contributed by atoms with Gasteiger partial charge in [-0.2, -0.15) is 0 Å². The van der Waals surface area contributed by atoms with Crippen molar-refractivity contribution in [3.63, 3.8) is 0 Å². The van der Waals surface area contributed by atoms with E-state index in [1.165, 1.54) is 24.0 Å². The van der Waals surface area contributed by atoms with Crippen molar-refractivity contribution in [2.45, 2.75) is 26.2 Å². The first-order valence-corrected chi connectivity index (χ1v) is 7.57. The van der Waals surface area contributed by atoms with Crippen LogP contribution >= 0.6 is 15.9 Å².